The van der Waals surface area contributed by atoms with E-state index in [0.29, 0.717) is 13.2 Å². The Morgan fingerprint density at radius 3 is 2.38 bits per heavy atom. The summed E-state index contributed by atoms with van der Waals surface area (Å²) >= 11 is 0. The molecule has 0 unspecified atom stereocenters. The molecule has 4 heteroatoms. The summed E-state index contributed by atoms with van der Waals surface area (Å²) in [6, 6.07) is 13.4. The van der Waals surface area contributed by atoms with Crippen LogP contribution in [0.3, 0.4) is 0 Å². The van der Waals surface area contributed by atoms with Crippen molar-refractivity contribution in [3.05, 3.63) is 59.2 Å². The molecule has 0 amide bonds. The summed E-state index contributed by atoms with van der Waals surface area (Å²) < 4.78 is 11.3. The van der Waals surface area contributed by atoms with E-state index in [9.17, 15) is 0 Å². The van der Waals surface area contributed by atoms with E-state index in [4.69, 9.17) is 14.7 Å². The predicted molar refractivity (Wildman–Crippen MR) is 82.7 cm³/mol. The van der Waals surface area contributed by atoms with Gasteiger partial charge in [-0.05, 0) is 55.3 Å². The number of hydrogen-bond acceptors (Lipinski definition) is 4. The van der Waals surface area contributed by atoms with Crippen LogP contribution in [0.1, 0.15) is 16.7 Å². The van der Waals surface area contributed by atoms with Crippen molar-refractivity contribution in [2.45, 2.75) is 13.8 Å². The number of benzene rings is 2. The van der Waals surface area contributed by atoms with Gasteiger partial charge in [0.05, 0.1) is 6.21 Å². The van der Waals surface area contributed by atoms with Crippen molar-refractivity contribution in [2.24, 2.45) is 5.16 Å². The number of aryl methyl sites for hydroxylation is 2. The fraction of sp³-hybridized carbons (Fsp3) is 0.235. The summed E-state index contributed by atoms with van der Waals surface area (Å²) in [5.41, 5.74) is 3.17. The van der Waals surface area contributed by atoms with Gasteiger partial charge in [-0.1, -0.05) is 22.9 Å². The van der Waals surface area contributed by atoms with Gasteiger partial charge < -0.3 is 14.7 Å². The van der Waals surface area contributed by atoms with Crippen LogP contribution in [0.25, 0.3) is 0 Å². The summed E-state index contributed by atoms with van der Waals surface area (Å²) in [4.78, 5) is 0. The second-order valence-corrected chi connectivity index (χ2v) is 4.78. The number of hydrogen-bond donors (Lipinski definition) is 1. The highest BCUT2D eigenvalue weighted by atomic mass is 16.5. The van der Waals surface area contributed by atoms with E-state index in [0.717, 1.165) is 22.6 Å². The normalized spacial score (nSPS) is 10.8. The second-order valence-electron chi connectivity index (χ2n) is 4.78. The zero-order chi connectivity index (χ0) is 15.1. The van der Waals surface area contributed by atoms with E-state index in [1.807, 2.05) is 43.3 Å². The molecule has 0 heterocycles. The lowest BCUT2D eigenvalue weighted by Crippen LogP contribution is -2.09. The highest BCUT2D eigenvalue weighted by molar-refractivity contribution is 5.79. The molecule has 2 aromatic rings. The Balaban J connectivity index is 1.79. The molecule has 0 saturated heterocycles. The monoisotopic (exact) mass is 285 g/mol. The summed E-state index contributed by atoms with van der Waals surface area (Å²) in [5.74, 6) is 1.65. The van der Waals surface area contributed by atoms with E-state index in [2.05, 4.69) is 18.1 Å². The SMILES string of the molecule is Cc1ccc(OCCOc2ccc(/C=N/O)cc2)c(C)c1. The molecule has 1 N–H and O–H groups in total. The minimum Gasteiger partial charge on any atom is -0.490 e. The van der Waals surface area contributed by atoms with Crippen molar-refractivity contribution in [1.82, 2.24) is 0 Å². The topological polar surface area (TPSA) is 51.0 Å². The Bertz CT molecular complexity index is 606. The Kier molecular flexibility index (Phi) is 5.21. The van der Waals surface area contributed by atoms with Crippen molar-refractivity contribution >= 4 is 6.21 Å². The molecule has 4 nitrogen and oxygen atoms in total. The Hall–Kier alpha value is -2.49. The fourth-order valence-electron chi connectivity index (χ4n) is 1.99. The first-order chi connectivity index (χ1) is 10.2. The van der Waals surface area contributed by atoms with Crippen LogP contribution in [0, 0.1) is 13.8 Å². The van der Waals surface area contributed by atoms with Gasteiger partial charge in [-0.15, -0.1) is 0 Å². The van der Waals surface area contributed by atoms with E-state index >= 15 is 0 Å². The van der Waals surface area contributed by atoms with Crippen molar-refractivity contribution in [3.63, 3.8) is 0 Å². The summed E-state index contributed by atoms with van der Waals surface area (Å²) in [5, 5.41) is 11.4. The highest BCUT2D eigenvalue weighted by Gasteiger charge is 2.00. The number of ether oxygens (including phenoxy) is 2. The smallest absolute Gasteiger partial charge is 0.122 e. The van der Waals surface area contributed by atoms with E-state index < -0.39 is 0 Å². The van der Waals surface area contributed by atoms with Gasteiger partial charge in [-0.25, -0.2) is 0 Å². The molecule has 0 aliphatic rings. The van der Waals surface area contributed by atoms with Gasteiger partial charge in [0.25, 0.3) is 0 Å². The summed E-state index contributed by atoms with van der Waals surface area (Å²) in [6.45, 7) is 5.06. The molecule has 2 rings (SSSR count). The van der Waals surface area contributed by atoms with Gasteiger partial charge in [-0.3, -0.25) is 0 Å². The minimum absolute atomic E-state index is 0.473. The third-order valence-corrected chi connectivity index (χ3v) is 3.03. The molecule has 0 radical (unpaired) electrons. The standard InChI is InChI=1S/C17H19NO3/c1-13-3-8-17(14(2)11-13)21-10-9-20-16-6-4-15(5-7-16)12-18-19/h3-8,11-12,19H,9-10H2,1-2H3/b18-12+. The maximum Gasteiger partial charge on any atom is 0.122 e. The molecule has 0 aromatic heterocycles. The van der Waals surface area contributed by atoms with Gasteiger partial charge >= 0.3 is 0 Å². The summed E-state index contributed by atoms with van der Waals surface area (Å²) in [7, 11) is 0. The zero-order valence-corrected chi connectivity index (χ0v) is 12.2. The maximum atomic E-state index is 8.43. The number of oxime groups is 1. The highest BCUT2D eigenvalue weighted by Crippen LogP contribution is 2.18. The van der Waals surface area contributed by atoms with Crippen LogP contribution >= 0.6 is 0 Å². The Morgan fingerprint density at radius 2 is 1.71 bits per heavy atom. The lowest BCUT2D eigenvalue weighted by atomic mass is 10.1. The van der Waals surface area contributed by atoms with Crippen LogP contribution in [0.5, 0.6) is 11.5 Å². The third-order valence-electron chi connectivity index (χ3n) is 3.03. The van der Waals surface area contributed by atoms with Crippen LogP contribution in [-0.2, 0) is 0 Å². The molecule has 110 valence electrons. The molecule has 0 aliphatic carbocycles. The average Bonchev–Trinajstić information content (AvgIpc) is 2.47. The molecule has 0 atom stereocenters. The van der Waals surface area contributed by atoms with E-state index in [1.54, 1.807) is 0 Å². The molecular weight excluding hydrogens is 266 g/mol. The average molecular weight is 285 g/mol. The quantitative estimate of drug-likeness (QED) is 0.382. The van der Waals surface area contributed by atoms with Crippen LogP contribution in [0.15, 0.2) is 47.6 Å². The van der Waals surface area contributed by atoms with Gasteiger partial charge in [-0.2, -0.15) is 0 Å². The van der Waals surface area contributed by atoms with E-state index in [1.165, 1.54) is 11.8 Å². The number of rotatable bonds is 6. The predicted octanol–water partition coefficient (Wildman–Crippen LogP) is 3.57. The minimum atomic E-state index is 0.473. The Morgan fingerprint density at radius 1 is 1.00 bits per heavy atom. The lowest BCUT2D eigenvalue weighted by molar-refractivity contribution is 0.216. The number of nitrogens with zero attached hydrogens (tertiary/aromatic N) is 1. The van der Waals surface area contributed by atoms with Crippen LogP contribution in [-0.4, -0.2) is 24.6 Å². The van der Waals surface area contributed by atoms with Crippen LogP contribution in [0.4, 0.5) is 0 Å². The molecule has 0 fully saturated rings. The summed E-state index contributed by atoms with van der Waals surface area (Å²) in [6.07, 6.45) is 1.37. The first-order valence-electron chi connectivity index (χ1n) is 6.79. The first kappa shape index (κ1) is 14.9. The van der Waals surface area contributed by atoms with Crippen LogP contribution in [0.2, 0.25) is 0 Å². The third kappa shape index (κ3) is 4.53. The fourth-order valence-corrected chi connectivity index (χ4v) is 1.99. The van der Waals surface area contributed by atoms with E-state index in [-0.39, 0.29) is 0 Å². The lowest BCUT2D eigenvalue weighted by Gasteiger charge is -2.11. The maximum absolute atomic E-state index is 8.43. The van der Waals surface area contributed by atoms with Gasteiger partial charge in [0.15, 0.2) is 0 Å². The molecule has 21 heavy (non-hydrogen) atoms. The van der Waals surface area contributed by atoms with Crippen LogP contribution < -0.4 is 9.47 Å². The Labute approximate surface area is 124 Å². The first-order valence-corrected chi connectivity index (χ1v) is 6.79. The molecule has 0 bridgehead atoms. The van der Waals surface area contributed by atoms with Gasteiger partial charge in [0.1, 0.15) is 24.7 Å². The van der Waals surface area contributed by atoms with Crippen molar-refractivity contribution in [3.8, 4) is 11.5 Å². The molecule has 0 aliphatic heterocycles. The molecule has 2 aromatic carbocycles. The van der Waals surface area contributed by atoms with Crippen molar-refractivity contribution in [2.75, 3.05) is 13.2 Å². The molecule has 0 saturated carbocycles. The second kappa shape index (κ2) is 7.33. The van der Waals surface area contributed by atoms with Gasteiger partial charge in [0, 0.05) is 0 Å². The molecular formula is C17H19NO3. The van der Waals surface area contributed by atoms with Crippen molar-refractivity contribution in [1.29, 1.82) is 0 Å². The van der Waals surface area contributed by atoms with Gasteiger partial charge in [0.2, 0.25) is 0 Å². The zero-order valence-electron chi connectivity index (χ0n) is 12.2. The largest absolute Gasteiger partial charge is 0.490 e. The van der Waals surface area contributed by atoms with Crippen molar-refractivity contribution < 1.29 is 14.7 Å². The molecule has 0 spiro atoms.